The van der Waals surface area contributed by atoms with Gasteiger partial charge in [0, 0.05) is 38.4 Å². The molecule has 7 aromatic carbocycles. The van der Waals surface area contributed by atoms with Gasteiger partial charge in [-0.25, -0.2) is 0 Å². The van der Waals surface area contributed by atoms with Gasteiger partial charge in [0.1, 0.15) is 6.07 Å². The Labute approximate surface area is 277 Å². The van der Waals surface area contributed by atoms with E-state index in [4.69, 9.17) is 0 Å². The van der Waals surface area contributed by atoms with E-state index >= 15 is 0 Å². The number of aromatic nitrogens is 2. The second kappa shape index (κ2) is 10.9. The zero-order valence-corrected chi connectivity index (χ0v) is 25.8. The maximum atomic E-state index is 10.2. The highest BCUT2D eigenvalue weighted by Gasteiger charge is 2.22. The normalized spacial score (nSPS) is 11.3. The second-order valence-electron chi connectivity index (χ2n) is 11.9. The summed E-state index contributed by atoms with van der Waals surface area (Å²) in [7, 11) is 0. The molecule has 4 heteroatoms. The maximum absolute atomic E-state index is 10.2. The molecule has 4 nitrogen and oxygen atoms in total. The average molecular weight is 611 g/mol. The van der Waals surface area contributed by atoms with E-state index < -0.39 is 0 Å². The van der Waals surface area contributed by atoms with Gasteiger partial charge in [-0.15, -0.1) is 0 Å². The molecule has 0 fully saturated rings. The summed E-state index contributed by atoms with van der Waals surface area (Å²) in [6.07, 6.45) is 0. The van der Waals surface area contributed by atoms with Crippen LogP contribution in [0.4, 0.5) is 0 Å². The molecule has 0 aliphatic carbocycles. The van der Waals surface area contributed by atoms with E-state index in [1.807, 2.05) is 42.5 Å². The fourth-order valence-corrected chi connectivity index (χ4v) is 7.40. The number of nitriles is 2. The van der Waals surface area contributed by atoms with Gasteiger partial charge in [-0.1, -0.05) is 109 Å². The van der Waals surface area contributed by atoms with Gasteiger partial charge in [0.15, 0.2) is 0 Å². The fraction of sp³-hybridized carbons (Fsp3) is 0. The predicted molar refractivity (Wildman–Crippen MR) is 195 cm³/mol. The molecule has 9 aromatic rings. The predicted octanol–water partition coefficient (Wildman–Crippen LogP) is 11.0. The highest BCUT2D eigenvalue weighted by molar-refractivity contribution is 6.17. The molecule has 0 radical (unpaired) electrons. The van der Waals surface area contributed by atoms with Crippen LogP contribution in [0.1, 0.15) is 11.1 Å². The Balaban J connectivity index is 1.41. The van der Waals surface area contributed by atoms with Crippen molar-refractivity contribution in [2.24, 2.45) is 0 Å². The number of hydrogen-bond acceptors (Lipinski definition) is 2. The minimum Gasteiger partial charge on any atom is -0.309 e. The van der Waals surface area contributed by atoms with E-state index in [0.29, 0.717) is 11.1 Å². The first-order valence-corrected chi connectivity index (χ1v) is 15.9. The first-order chi connectivity index (χ1) is 23.8. The molecule has 0 aliphatic rings. The van der Waals surface area contributed by atoms with E-state index in [0.717, 1.165) is 66.5 Å². The van der Waals surface area contributed by atoms with Crippen molar-refractivity contribution in [2.45, 2.75) is 0 Å². The Hall–Kier alpha value is -6.88. The molecule has 0 N–H and O–H groups in total. The van der Waals surface area contributed by atoms with Crippen molar-refractivity contribution in [1.82, 2.24) is 9.13 Å². The van der Waals surface area contributed by atoms with Crippen molar-refractivity contribution in [3.05, 3.63) is 169 Å². The van der Waals surface area contributed by atoms with Crippen LogP contribution >= 0.6 is 0 Å². The van der Waals surface area contributed by atoms with E-state index in [-0.39, 0.29) is 0 Å². The number of para-hydroxylation sites is 5. The highest BCUT2D eigenvalue weighted by atomic mass is 15.0. The molecule has 2 aromatic heterocycles. The van der Waals surface area contributed by atoms with Gasteiger partial charge in [-0.3, -0.25) is 0 Å². The van der Waals surface area contributed by atoms with Crippen LogP contribution in [0.5, 0.6) is 0 Å². The molecule has 0 aliphatic heterocycles. The van der Waals surface area contributed by atoms with Crippen LogP contribution in [0.3, 0.4) is 0 Å². The number of benzene rings is 7. The van der Waals surface area contributed by atoms with E-state index in [9.17, 15) is 10.5 Å². The first kappa shape index (κ1) is 27.4. The number of nitrogens with zero attached hydrogens (tertiary/aromatic N) is 4. The summed E-state index contributed by atoms with van der Waals surface area (Å²) >= 11 is 0. The van der Waals surface area contributed by atoms with Crippen molar-refractivity contribution in [2.75, 3.05) is 0 Å². The summed E-state index contributed by atoms with van der Waals surface area (Å²) in [4.78, 5) is 0. The Morgan fingerprint density at radius 1 is 0.396 bits per heavy atom. The van der Waals surface area contributed by atoms with Gasteiger partial charge in [-0.05, 0) is 59.7 Å². The van der Waals surface area contributed by atoms with Crippen LogP contribution in [-0.2, 0) is 0 Å². The van der Waals surface area contributed by atoms with Gasteiger partial charge in [0.2, 0.25) is 0 Å². The minimum atomic E-state index is 0.584. The quantitative estimate of drug-likeness (QED) is 0.199. The molecule has 0 bridgehead atoms. The van der Waals surface area contributed by atoms with Crippen LogP contribution in [-0.4, -0.2) is 9.13 Å². The summed E-state index contributed by atoms with van der Waals surface area (Å²) in [5.41, 5.74) is 11.7. The van der Waals surface area contributed by atoms with E-state index in [1.54, 1.807) is 0 Å². The fourth-order valence-electron chi connectivity index (χ4n) is 7.40. The lowest BCUT2D eigenvalue weighted by Crippen LogP contribution is -1.99. The van der Waals surface area contributed by atoms with Crippen molar-refractivity contribution >= 4 is 43.6 Å². The van der Waals surface area contributed by atoms with E-state index in [1.165, 1.54) is 10.8 Å². The number of fused-ring (bicyclic) bond motifs is 6. The first-order valence-electron chi connectivity index (χ1n) is 15.9. The van der Waals surface area contributed by atoms with Crippen LogP contribution in [0.25, 0.3) is 77.2 Å². The number of hydrogen-bond donors (Lipinski definition) is 0. The zero-order valence-electron chi connectivity index (χ0n) is 25.8. The van der Waals surface area contributed by atoms with Gasteiger partial charge >= 0.3 is 0 Å². The smallest absolute Gasteiger partial charge is 0.101 e. The molecule has 0 atom stereocenters. The van der Waals surface area contributed by atoms with Gasteiger partial charge in [-0.2, -0.15) is 10.5 Å². The molecule has 48 heavy (non-hydrogen) atoms. The minimum absolute atomic E-state index is 0.584. The Bertz CT molecular complexity index is 2800. The third-order valence-electron chi connectivity index (χ3n) is 9.40. The Kier molecular flexibility index (Phi) is 6.22. The molecule has 0 saturated heterocycles. The largest absolute Gasteiger partial charge is 0.309 e. The summed E-state index contributed by atoms with van der Waals surface area (Å²) in [6.45, 7) is 0. The summed E-state index contributed by atoms with van der Waals surface area (Å²) < 4.78 is 4.57. The van der Waals surface area contributed by atoms with Crippen molar-refractivity contribution < 1.29 is 0 Å². The second-order valence-corrected chi connectivity index (χ2v) is 11.9. The summed E-state index contributed by atoms with van der Waals surface area (Å²) in [5, 5.41) is 24.4. The lowest BCUT2D eigenvalue weighted by Gasteiger charge is -2.17. The molecule has 0 saturated carbocycles. The zero-order chi connectivity index (χ0) is 32.2. The van der Waals surface area contributed by atoms with Crippen LogP contribution in [0, 0.1) is 22.7 Å². The monoisotopic (exact) mass is 610 g/mol. The highest BCUT2D eigenvalue weighted by Crippen LogP contribution is 2.45. The maximum Gasteiger partial charge on any atom is 0.101 e. The molecule has 222 valence electrons. The van der Waals surface area contributed by atoms with Gasteiger partial charge < -0.3 is 9.13 Å². The van der Waals surface area contributed by atoms with Crippen LogP contribution in [0.15, 0.2) is 158 Å². The number of rotatable bonds is 4. The van der Waals surface area contributed by atoms with Crippen molar-refractivity contribution in [1.29, 1.82) is 10.5 Å². The standard InChI is InChI=1S/C44H26N4/c45-27-29-24-25-42-39(26-29)38-21-11-19-36(44(38)48(42)40-22-8-4-12-30(40)28-46)33-16-6-5-15-32(33)35-18-10-20-37-34-17-7-9-23-41(34)47(43(35)37)31-13-2-1-3-14-31/h1-26H. The lowest BCUT2D eigenvalue weighted by molar-refractivity contribution is 1.17. The average Bonchev–Trinajstić information content (AvgIpc) is 3.68. The van der Waals surface area contributed by atoms with Gasteiger partial charge in [0.05, 0.1) is 45.0 Å². The van der Waals surface area contributed by atoms with Gasteiger partial charge in [0.25, 0.3) is 0 Å². The van der Waals surface area contributed by atoms with Crippen LogP contribution < -0.4 is 0 Å². The molecular formula is C44H26N4. The summed E-state index contributed by atoms with van der Waals surface area (Å²) in [6, 6.07) is 59.0. The third-order valence-corrected chi connectivity index (χ3v) is 9.40. The molecular weight excluding hydrogens is 585 g/mol. The Morgan fingerprint density at radius 3 is 1.69 bits per heavy atom. The third kappa shape index (κ3) is 4.01. The van der Waals surface area contributed by atoms with Crippen LogP contribution in [0.2, 0.25) is 0 Å². The molecule has 0 unspecified atom stereocenters. The topological polar surface area (TPSA) is 57.4 Å². The SMILES string of the molecule is N#Cc1ccc2c(c1)c1cccc(-c3ccccc3-c3cccc4c5ccccc5n(-c5ccccc5)c34)c1n2-c1ccccc1C#N. The molecule has 0 spiro atoms. The Morgan fingerprint density at radius 2 is 0.958 bits per heavy atom. The van der Waals surface area contributed by atoms with Crippen molar-refractivity contribution in [3.8, 4) is 45.8 Å². The molecule has 0 amide bonds. The lowest BCUT2D eigenvalue weighted by atomic mass is 9.92. The molecule has 2 heterocycles. The molecule has 9 rings (SSSR count). The van der Waals surface area contributed by atoms with E-state index in [2.05, 4.69) is 137 Å². The van der Waals surface area contributed by atoms with Crippen molar-refractivity contribution in [3.63, 3.8) is 0 Å². The summed E-state index contributed by atoms with van der Waals surface area (Å²) in [5.74, 6) is 0.